The molecular weight excluding hydrogens is 346 g/mol. The lowest BCUT2D eigenvalue weighted by Gasteiger charge is -2.20. The highest BCUT2D eigenvalue weighted by Gasteiger charge is 2.17. The third-order valence-electron chi connectivity index (χ3n) is 4.08. The van der Waals surface area contributed by atoms with E-state index in [9.17, 15) is 8.42 Å². The molecule has 1 aromatic heterocycles. The number of aromatic nitrogens is 2. The van der Waals surface area contributed by atoms with Crippen LogP contribution in [-0.4, -0.2) is 24.6 Å². The van der Waals surface area contributed by atoms with Crippen molar-refractivity contribution in [3.63, 3.8) is 0 Å². The zero-order valence-electron chi connectivity index (χ0n) is 15.0. The molecule has 3 rings (SSSR count). The summed E-state index contributed by atoms with van der Waals surface area (Å²) < 4.78 is 23.9. The first-order valence-corrected chi connectivity index (χ1v) is 10.1. The Kier molecular flexibility index (Phi) is 5.04. The van der Waals surface area contributed by atoms with Gasteiger partial charge in [0.15, 0.2) is 9.84 Å². The lowest BCUT2D eigenvalue weighted by Crippen LogP contribution is -2.15. The van der Waals surface area contributed by atoms with E-state index in [2.05, 4.69) is 15.3 Å². The lowest BCUT2D eigenvalue weighted by atomic mass is 9.98. The molecular formula is C20H21N3O2S. The standard InChI is InChI=1S/C20H21N3O2S/c1-14-7-9-16(10-8-14)19(23-20-21-12-15(2)13-22-20)17-5-4-6-18(11-17)26(3,24)25/h4-13,19H,1-3H3,(H,21,22,23). The molecule has 5 nitrogen and oxygen atoms in total. The Balaban J connectivity index is 2.05. The molecule has 0 saturated heterocycles. The van der Waals surface area contributed by atoms with Crippen LogP contribution in [-0.2, 0) is 9.84 Å². The van der Waals surface area contributed by atoms with Crippen LogP contribution >= 0.6 is 0 Å². The number of nitrogens with one attached hydrogen (secondary N) is 1. The second-order valence-electron chi connectivity index (χ2n) is 6.42. The summed E-state index contributed by atoms with van der Waals surface area (Å²) in [6, 6.07) is 14.8. The number of rotatable bonds is 5. The normalized spacial score (nSPS) is 12.6. The molecule has 1 atom stereocenters. The van der Waals surface area contributed by atoms with Crippen LogP contribution < -0.4 is 5.32 Å². The van der Waals surface area contributed by atoms with E-state index in [1.807, 2.05) is 44.2 Å². The summed E-state index contributed by atoms with van der Waals surface area (Å²) in [6.45, 7) is 3.95. The number of hydrogen-bond acceptors (Lipinski definition) is 5. The van der Waals surface area contributed by atoms with Crippen molar-refractivity contribution < 1.29 is 8.42 Å². The summed E-state index contributed by atoms with van der Waals surface area (Å²) >= 11 is 0. The van der Waals surface area contributed by atoms with Crippen molar-refractivity contribution >= 4 is 15.8 Å². The smallest absolute Gasteiger partial charge is 0.223 e. The van der Waals surface area contributed by atoms with E-state index >= 15 is 0 Å². The summed E-state index contributed by atoms with van der Waals surface area (Å²) in [5, 5.41) is 3.32. The minimum absolute atomic E-state index is 0.264. The minimum Gasteiger partial charge on any atom is -0.343 e. The maximum atomic E-state index is 11.9. The van der Waals surface area contributed by atoms with E-state index in [-0.39, 0.29) is 6.04 Å². The van der Waals surface area contributed by atoms with Gasteiger partial charge < -0.3 is 5.32 Å². The predicted octanol–water partition coefficient (Wildman–Crippen LogP) is 3.70. The summed E-state index contributed by atoms with van der Waals surface area (Å²) in [6.07, 6.45) is 4.70. The van der Waals surface area contributed by atoms with Gasteiger partial charge in [0.05, 0.1) is 10.9 Å². The molecule has 0 aliphatic carbocycles. The van der Waals surface area contributed by atoms with Gasteiger partial charge in [-0.25, -0.2) is 18.4 Å². The van der Waals surface area contributed by atoms with Gasteiger partial charge in [0.2, 0.25) is 5.95 Å². The van der Waals surface area contributed by atoms with Crippen LogP contribution in [0.15, 0.2) is 65.8 Å². The van der Waals surface area contributed by atoms with Crippen molar-refractivity contribution in [3.8, 4) is 0 Å². The molecule has 0 fully saturated rings. The first-order valence-electron chi connectivity index (χ1n) is 8.25. The number of sulfone groups is 1. The maximum absolute atomic E-state index is 11.9. The monoisotopic (exact) mass is 367 g/mol. The average Bonchev–Trinajstić information content (AvgIpc) is 2.62. The Hall–Kier alpha value is -2.73. The van der Waals surface area contributed by atoms with Gasteiger partial charge in [-0.1, -0.05) is 42.0 Å². The molecule has 134 valence electrons. The van der Waals surface area contributed by atoms with Crippen molar-refractivity contribution in [2.75, 3.05) is 11.6 Å². The van der Waals surface area contributed by atoms with E-state index < -0.39 is 9.84 Å². The molecule has 0 aliphatic rings. The summed E-state index contributed by atoms with van der Waals surface area (Å²) in [5.74, 6) is 0.492. The molecule has 0 saturated carbocycles. The van der Waals surface area contributed by atoms with Crippen LogP contribution in [0.5, 0.6) is 0 Å². The fourth-order valence-corrected chi connectivity index (χ4v) is 3.31. The first kappa shape index (κ1) is 18.1. The molecule has 0 spiro atoms. The Labute approximate surface area is 154 Å². The van der Waals surface area contributed by atoms with E-state index in [0.717, 1.165) is 22.3 Å². The average molecular weight is 367 g/mol. The Morgan fingerprint density at radius 3 is 2.15 bits per heavy atom. The second kappa shape index (κ2) is 7.25. The predicted molar refractivity (Wildman–Crippen MR) is 103 cm³/mol. The van der Waals surface area contributed by atoms with Gasteiger partial charge in [0.1, 0.15) is 0 Å². The quantitative estimate of drug-likeness (QED) is 0.744. The van der Waals surface area contributed by atoms with Gasteiger partial charge in [-0.05, 0) is 42.7 Å². The third kappa shape index (κ3) is 4.26. The number of nitrogens with zero attached hydrogens (tertiary/aromatic N) is 2. The molecule has 2 aromatic carbocycles. The molecule has 0 bridgehead atoms. The van der Waals surface area contributed by atoms with E-state index in [4.69, 9.17) is 0 Å². The highest BCUT2D eigenvalue weighted by molar-refractivity contribution is 7.90. The molecule has 1 heterocycles. The van der Waals surface area contributed by atoms with Crippen molar-refractivity contribution in [2.45, 2.75) is 24.8 Å². The van der Waals surface area contributed by atoms with Crippen molar-refractivity contribution in [1.29, 1.82) is 0 Å². The Morgan fingerprint density at radius 2 is 1.54 bits per heavy atom. The summed E-state index contributed by atoms with van der Waals surface area (Å²) in [5.41, 5.74) is 3.97. The van der Waals surface area contributed by atoms with Crippen LogP contribution in [0.4, 0.5) is 5.95 Å². The van der Waals surface area contributed by atoms with Gasteiger partial charge in [-0.3, -0.25) is 0 Å². The van der Waals surface area contributed by atoms with E-state index in [0.29, 0.717) is 10.8 Å². The highest BCUT2D eigenvalue weighted by atomic mass is 32.2. The van der Waals surface area contributed by atoms with Crippen LogP contribution in [0.1, 0.15) is 28.3 Å². The highest BCUT2D eigenvalue weighted by Crippen LogP contribution is 2.27. The zero-order valence-corrected chi connectivity index (χ0v) is 15.8. The summed E-state index contributed by atoms with van der Waals surface area (Å²) in [4.78, 5) is 8.93. The van der Waals surface area contributed by atoms with E-state index in [1.165, 1.54) is 6.26 Å². The Bertz CT molecular complexity index is 998. The lowest BCUT2D eigenvalue weighted by molar-refractivity contribution is 0.601. The fraction of sp³-hybridized carbons (Fsp3) is 0.200. The molecule has 3 aromatic rings. The third-order valence-corrected chi connectivity index (χ3v) is 5.19. The SMILES string of the molecule is Cc1ccc(C(Nc2ncc(C)cn2)c2cccc(S(C)(=O)=O)c2)cc1. The van der Waals surface area contributed by atoms with Gasteiger partial charge in [-0.15, -0.1) is 0 Å². The van der Waals surface area contributed by atoms with E-state index in [1.54, 1.807) is 30.6 Å². The zero-order chi connectivity index (χ0) is 18.7. The second-order valence-corrected chi connectivity index (χ2v) is 8.43. The van der Waals surface area contributed by atoms with Gasteiger partial charge >= 0.3 is 0 Å². The molecule has 26 heavy (non-hydrogen) atoms. The van der Waals surface area contributed by atoms with Crippen molar-refractivity contribution in [3.05, 3.63) is 83.2 Å². The Morgan fingerprint density at radius 1 is 0.885 bits per heavy atom. The number of benzene rings is 2. The topological polar surface area (TPSA) is 72.0 Å². The number of hydrogen-bond donors (Lipinski definition) is 1. The molecule has 0 radical (unpaired) electrons. The largest absolute Gasteiger partial charge is 0.343 e. The van der Waals surface area contributed by atoms with Gasteiger partial charge in [0.25, 0.3) is 0 Å². The molecule has 0 amide bonds. The maximum Gasteiger partial charge on any atom is 0.223 e. The number of aryl methyl sites for hydroxylation is 2. The van der Waals surface area contributed by atoms with Crippen molar-refractivity contribution in [2.24, 2.45) is 0 Å². The first-order chi connectivity index (χ1) is 12.3. The van der Waals surface area contributed by atoms with Crippen molar-refractivity contribution in [1.82, 2.24) is 9.97 Å². The molecule has 0 aliphatic heterocycles. The van der Waals surface area contributed by atoms with Crippen LogP contribution in [0.25, 0.3) is 0 Å². The fourth-order valence-electron chi connectivity index (χ4n) is 2.64. The van der Waals surface area contributed by atoms with Crippen LogP contribution in [0, 0.1) is 13.8 Å². The van der Waals surface area contributed by atoms with Crippen LogP contribution in [0.2, 0.25) is 0 Å². The summed E-state index contributed by atoms with van der Waals surface area (Å²) in [7, 11) is -3.29. The minimum atomic E-state index is -3.29. The number of anilines is 1. The molecule has 1 unspecified atom stereocenters. The van der Waals surface area contributed by atoms with Gasteiger partial charge in [0, 0.05) is 18.6 Å². The van der Waals surface area contributed by atoms with Gasteiger partial charge in [-0.2, -0.15) is 0 Å². The molecule has 1 N–H and O–H groups in total. The van der Waals surface area contributed by atoms with Crippen LogP contribution in [0.3, 0.4) is 0 Å². The molecule has 6 heteroatoms.